The van der Waals surface area contributed by atoms with Gasteiger partial charge in [-0.3, -0.25) is 14.9 Å². The molecule has 7 heteroatoms. The first-order valence-corrected chi connectivity index (χ1v) is 9.64. The van der Waals surface area contributed by atoms with E-state index in [1.807, 2.05) is 53.2 Å². The van der Waals surface area contributed by atoms with Gasteiger partial charge >= 0.3 is 0 Å². The van der Waals surface area contributed by atoms with Crippen molar-refractivity contribution in [2.24, 2.45) is 0 Å². The first kappa shape index (κ1) is 17.9. The summed E-state index contributed by atoms with van der Waals surface area (Å²) in [6, 6.07) is 15.1. The predicted molar refractivity (Wildman–Crippen MR) is 109 cm³/mol. The van der Waals surface area contributed by atoms with Gasteiger partial charge in [-0.25, -0.2) is 0 Å². The monoisotopic (exact) mass is 390 g/mol. The molecule has 0 radical (unpaired) electrons. The third kappa shape index (κ3) is 3.65. The van der Waals surface area contributed by atoms with Crippen LogP contribution in [0.15, 0.2) is 65.5 Å². The molecule has 0 aliphatic heterocycles. The van der Waals surface area contributed by atoms with Gasteiger partial charge in [-0.1, -0.05) is 18.2 Å². The van der Waals surface area contributed by atoms with Gasteiger partial charge < -0.3 is 10.1 Å². The zero-order valence-corrected chi connectivity index (χ0v) is 16.0. The van der Waals surface area contributed by atoms with Crippen LogP contribution in [0.5, 0.6) is 5.75 Å². The Balaban J connectivity index is 1.50. The van der Waals surface area contributed by atoms with E-state index >= 15 is 0 Å². The maximum atomic E-state index is 12.6. The minimum atomic E-state index is -0.228. The lowest BCUT2D eigenvalue weighted by atomic mass is 10.1. The molecule has 1 aromatic carbocycles. The Morgan fingerprint density at radius 2 is 2.11 bits per heavy atom. The highest BCUT2D eigenvalue weighted by Crippen LogP contribution is 2.28. The van der Waals surface area contributed by atoms with E-state index in [-0.39, 0.29) is 5.91 Å². The molecule has 0 bridgehead atoms. The van der Waals surface area contributed by atoms with Gasteiger partial charge in [0, 0.05) is 29.2 Å². The Kier molecular flexibility index (Phi) is 5.16. The third-order valence-electron chi connectivity index (χ3n) is 4.33. The standard InChI is InChI=1S/C21H18N4O2S/c1-27-19-7-3-2-6-16(19)17-11-18(25-24-17)21(26)23-12-14-5-4-9-22-20(14)15-8-10-28-13-15/h2-11,13H,12H2,1H3,(H,23,26)(H,24,25). The molecule has 0 saturated heterocycles. The van der Waals surface area contributed by atoms with Gasteiger partial charge in [-0.2, -0.15) is 16.4 Å². The van der Waals surface area contributed by atoms with Crippen molar-refractivity contribution in [1.29, 1.82) is 0 Å². The number of aromatic amines is 1. The number of nitrogens with zero attached hydrogens (tertiary/aromatic N) is 2. The van der Waals surface area contributed by atoms with E-state index in [2.05, 4.69) is 20.5 Å². The molecule has 6 nitrogen and oxygen atoms in total. The lowest BCUT2D eigenvalue weighted by molar-refractivity contribution is 0.0946. The number of para-hydroxylation sites is 1. The van der Waals surface area contributed by atoms with Crippen molar-refractivity contribution < 1.29 is 9.53 Å². The summed E-state index contributed by atoms with van der Waals surface area (Å²) in [5.74, 6) is 0.477. The summed E-state index contributed by atoms with van der Waals surface area (Å²) >= 11 is 1.62. The maximum absolute atomic E-state index is 12.6. The Bertz CT molecular complexity index is 1090. The highest BCUT2D eigenvalue weighted by atomic mass is 32.1. The van der Waals surface area contributed by atoms with Crippen LogP contribution in [0.4, 0.5) is 0 Å². The van der Waals surface area contributed by atoms with Gasteiger partial charge in [0.1, 0.15) is 11.4 Å². The van der Waals surface area contributed by atoms with Crippen LogP contribution < -0.4 is 10.1 Å². The summed E-state index contributed by atoms with van der Waals surface area (Å²) in [5, 5.41) is 14.0. The molecule has 0 spiro atoms. The van der Waals surface area contributed by atoms with E-state index in [9.17, 15) is 4.79 Å². The molecule has 0 unspecified atom stereocenters. The number of hydrogen-bond acceptors (Lipinski definition) is 5. The van der Waals surface area contributed by atoms with Crippen molar-refractivity contribution in [2.75, 3.05) is 7.11 Å². The van der Waals surface area contributed by atoms with E-state index in [0.29, 0.717) is 23.7 Å². The van der Waals surface area contributed by atoms with E-state index in [1.54, 1.807) is 30.7 Å². The molecule has 0 saturated carbocycles. The summed E-state index contributed by atoms with van der Waals surface area (Å²) in [7, 11) is 1.61. The lowest BCUT2D eigenvalue weighted by Crippen LogP contribution is -2.23. The van der Waals surface area contributed by atoms with Gasteiger partial charge in [0.2, 0.25) is 0 Å². The Hall–Kier alpha value is -3.45. The largest absolute Gasteiger partial charge is 0.496 e. The van der Waals surface area contributed by atoms with Gasteiger partial charge in [0.05, 0.1) is 18.5 Å². The predicted octanol–water partition coefficient (Wildman–Crippen LogP) is 4.14. The molecule has 2 N–H and O–H groups in total. The molecular formula is C21H18N4O2S. The third-order valence-corrected chi connectivity index (χ3v) is 5.01. The molecular weight excluding hydrogens is 372 g/mol. The number of thiophene rings is 1. The van der Waals surface area contributed by atoms with Crippen molar-refractivity contribution in [3.05, 3.63) is 76.7 Å². The fraction of sp³-hybridized carbons (Fsp3) is 0.0952. The molecule has 28 heavy (non-hydrogen) atoms. The summed E-state index contributed by atoms with van der Waals surface area (Å²) in [5.41, 5.74) is 4.76. The number of pyridine rings is 1. The van der Waals surface area contributed by atoms with Crippen LogP contribution in [-0.4, -0.2) is 28.2 Å². The van der Waals surface area contributed by atoms with Crippen molar-refractivity contribution in [2.45, 2.75) is 6.54 Å². The van der Waals surface area contributed by atoms with Crippen LogP contribution in [0, 0.1) is 0 Å². The van der Waals surface area contributed by atoms with E-state index in [0.717, 1.165) is 22.4 Å². The minimum Gasteiger partial charge on any atom is -0.496 e. The first-order valence-electron chi connectivity index (χ1n) is 8.69. The van der Waals surface area contributed by atoms with Crippen molar-refractivity contribution in [1.82, 2.24) is 20.5 Å². The van der Waals surface area contributed by atoms with Crippen molar-refractivity contribution >= 4 is 17.2 Å². The molecule has 4 rings (SSSR count). The lowest BCUT2D eigenvalue weighted by Gasteiger charge is -2.08. The van der Waals surface area contributed by atoms with Crippen LogP contribution in [-0.2, 0) is 6.54 Å². The second-order valence-corrected chi connectivity index (χ2v) is 6.85. The maximum Gasteiger partial charge on any atom is 0.269 e. The molecule has 0 atom stereocenters. The van der Waals surface area contributed by atoms with E-state index < -0.39 is 0 Å². The number of rotatable bonds is 6. The average molecular weight is 390 g/mol. The number of methoxy groups -OCH3 is 1. The molecule has 4 aromatic rings. The Morgan fingerprint density at radius 3 is 2.93 bits per heavy atom. The second kappa shape index (κ2) is 8.06. The summed E-state index contributed by atoms with van der Waals surface area (Å²) in [6.07, 6.45) is 1.76. The Morgan fingerprint density at radius 1 is 1.21 bits per heavy atom. The van der Waals surface area contributed by atoms with Gasteiger partial charge in [-0.15, -0.1) is 0 Å². The number of benzene rings is 1. The van der Waals surface area contributed by atoms with Crippen LogP contribution in [0.1, 0.15) is 16.1 Å². The number of nitrogens with one attached hydrogen (secondary N) is 2. The fourth-order valence-corrected chi connectivity index (χ4v) is 3.58. The number of carbonyl (C=O) groups is 1. The molecule has 0 aliphatic rings. The average Bonchev–Trinajstić information content (AvgIpc) is 3.44. The molecule has 3 aromatic heterocycles. The van der Waals surface area contributed by atoms with E-state index in [4.69, 9.17) is 4.74 Å². The topological polar surface area (TPSA) is 79.9 Å². The number of aromatic nitrogens is 3. The molecule has 140 valence electrons. The smallest absolute Gasteiger partial charge is 0.269 e. The fourth-order valence-electron chi connectivity index (χ4n) is 2.94. The second-order valence-electron chi connectivity index (χ2n) is 6.07. The van der Waals surface area contributed by atoms with Crippen LogP contribution in [0.25, 0.3) is 22.5 Å². The summed E-state index contributed by atoms with van der Waals surface area (Å²) in [4.78, 5) is 17.0. The van der Waals surface area contributed by atoms with Crippen LogP contribution in [0.2, 0.25) is 0 Å². The van der Waals surface area contributed by atoms with Crippen LogP contribution in [0.3, 0.4) is 0 Å². The number of H-pyrrole nitrogens is 1. The molecule has 0 aliphatic carbocycles. The zero-order chi connectivity index (χ0) is 19.3. The van der Waals surface area contributed by atoms with E-state index in [1.165, 1.54) is 0 Å². The number of carbonyl (C=O) groups excluding carboxylic acids is 1. The Labute approximate surface area is 166 Å². The molecule has 1 amide bonds. The molecule has 0 fully saturated rings. The normalized spacial score (nSPS) is 10.6. The first-order chi connectivity index (χ1) is 13.8. The van der Waals surface area contributed by atoms with Crippen molar-refractivity contribution in [3.63, 3.8) is 0 Å². The summed E-state index contributed by atoms with van der Waals surface area (Å²) < 4.78 is 5.36. The highest BCUT2D eigenvalue weighted by Gasteiger charge is 2.14. The number of amides is 1. The number of hydrogen-bond donors (Lipinski definition) is 2. The quantitative estimate of drug-likeness (QED) is 0.519. The van der Waals surface area contributed by atoms with Crippen LogP contribution >= 0.6 is 11.3 Å². The minimum absolute atomic E-state index is 0.228. The highest BCUT2D eigenvalue weighted by molar-refractivity contribution is 7.08. The van der Waals surface area contributed by atoms with Crippen molar-refractivity contribution in [3.8, 4) is 28.3 Å². The summed E-state index contributed by atoms with van der Waals surface area (Å²) in [6.45, 7) is 0.376. The van der Waals surface area contributed by atoms with Gasteiger partial charge in [0.15, 0.2) is 0 Å². The number of ether oxygens (including phenoxy) is 1. The SMILES string of the molecule is COc1ccccc1-c1cc(C(=O)NCc2cccnc2-c2ccsc2)[nH]n1. The zero-order valence-electron chi connectivity index (χ0n) is 15.2. The molecule has 3 heterocycles. The van der Waals surface area contributed by atoms with Gasteiger partial charge in [-0.05, 0) is 41.3 Å². The van der Waals surface area contributed by atoms with Gasteiger partial charge in [0.25, 0.3) is 5.91 Å².